The number of carbonyl (C=O) groups is 1. The molecule has 0 spiro atoms. The van der Waals surface area contributed by atoms with Gasteiger partial charge in [0.15, 0.2) is 0 Å². The van der Waals surface area contributed by atoms with Crippen LogP contribution in [0.5, 0.6) is 0 Å². The van der Waals surface area contributed by atoms with Crippen molar-refractivity contribution in [2.24, 2.45) is 0 Å². The summed E-state index contributed by atoms with van der Waals surface area (Å²) in [5.74, 6) is -0.781. The van der Waals surface area contributed by atoms with Crippen molar-refractivity contribution in [3.63, 3.8) is 0 Å². The van der Waals surface area contributed by atoms with Crippen molar-refractivity contribution in [3.8, 4) is 10.6 Å². The van der Waals surface area contributed by atoms with E-state index in [1.807, 2.05) is 5.38 Å². The van der Waals surface area contributed by atoms with Gasteiger partial charge in [0, 0.05) is 17.4 Å². The Morgan fingerprint density at radius 2 is 2.17 bits per heavy atom. The van der Waals surface area contributed by atoms with Gasteiger partial charge in [0.1, 0.15) is 5.01 Å². The molecule has 2 aromatic rings. The maximum absolute atomic E-state index is 10.5. The number of thiazole rings is 1. The first kappa shape index (κ1) is 12.8. The van der Waals surface area contributed by atoms with E-state index < -0.39 is 5.97 Å². The molecule has 0 aliphatic rings. The topological polar surface area (TPSA) is 50.2 Å². The van der Waals surface area contributed by atoms with Gasteiger partial charge in [0.2, 0.25) is 0 Å². The van der Waals surface area contributed by atoms with Gasteiger partial charge in [-0.25, -0.2) is 4.98 Å². The quantitative estimate of drug-likeness (QED) is 0.917. The Morgan fingerprint density at radius 3 is 2.83 bits per heavy atom. The van der Waals surface area contributed by atoms with Gasteiger partial charge in [0.25, 0.3) is 0 Å². The molecule has 0 aliphatic heterocycles. The average Bonchev–Trinajstić information content (AvgIpc) is 2.75. The summed E-state index contributed by atoms with van der Waals surface area (Å²) in [5, 5.41) is 11.6. The van der Waals surface area contributed by atoms with Crippen molar-refractivity contribution < 1.29 is 9.90 Å². The molecule has 0 atom stereocenters. The van der Waals surface area contributed by atoms with Crippen LogP contribution in [0.15, 0.2) is 23.6 Å². The first-order valence-corrected chi connectivity index (χ1v) is 6.68. The lowest BCUT2D eigenvalue weighted by atomic mass is 10.1. The summed E-state index contributed by atoms with van der Waals surface area (Å²) in [6.07, 6.45) is 0.632. The van der Waals surface area contributed by atoms with Crippen LogP contribution in [0.3, 0.4) is 0 Å². The van der Waals surface area contributed by atoms with Crippen molar-refractivity contribution in [3.05, 3.63) is 40.4 Å². The van der Waals surface area contributed by atoms with Crippen LogP contribution >= 0.6 is 11.3 Å². The van der Waals surface area contributed by atoms with Crippen LogP contribution in [-0.2, 0) is 11.2 Å². The van der Waals surface area contributed by atoms with Gasteiger partial charge >= 0.3 is 5.97 Å². The summed E-state index contributed by atoms with van der Waals surface area (Å²) in [6, 6.07) is 6.28. The SMILES string of the molecule is Cc1ccc(-c2nc(CCC(=O)O)cs2)c(C)c1. The van der Waals surface area contributed by atoms with Crippen LogP contribution in [0.1, 0.15) is 23.2 Å². The van der Waals surface area contributed by atoms with Crippen molar-refractivity contribution in [1.29, 1.82) is 0 Å². The number of hydrogen-bond acceptors (Lipinski definition) is 3. The van der Waals surface area contributed by atoms with Gasteiger partial charge in [-0.1, -0.05) is 23.8 Å². The smallest absolute Gasteiger partial charge is 0.303 e. The molecule has 1 aromatic carbocycles. The monoisotopic (exact) mass is 261 g/mol. The van der Waals surface area contributed by atoms with Crippen molar-refractivity contribution in [2.75, 3.05) is 0 Å². The number of nitrogens with zero attached hydrogens (tertiary/aromatic N) is 1. The summed E-state index contributed by atoms with van der Waals surface area (Å²) in [5.41, 5.74) is 4.43. The number of aromatic nitrogens is 1. The predicted molar refractivity (Wildman–Crippen MR) is 73.0 cm³/mol. The minimum atomic E-state index is -0.781. The minimum Gasteiger partial charge on any atom is -0.481 e. The van der Waals surface area contributed by atoms with E-state index in [1.54, 1.807) is 11.3 Å². The molecule has 2 rings (SSSR count). The molecule has 1 heterocycles. The second-order valence-electron chi connectivity index (χ2n) is 4.36. The van der Waals surface area contributed by atoms with E-state index in [-0.39, 0.29) is 6.42 Å². The number of rotatable bonds is 4. The normalized spacial score (nSPS) is 10.6. The first-order chi connectivity index (χ1) is 8.56. The minimum absolute atomic E-state index is 0.135. The molecule has 0 aliphatic carbocycles. The first-order valence-electron chi connectivity index (χ1n) is 5.80. The molecule has 4 heteroatoms. The molecule has 0 unspecified atom stereocenters. The van der Waals surface area contributed by atoms with Gasteiger partial charge in [-0.2, -0.15) is 0 Å². The summed E-state index contributed by atoms with van der Waals surface area (Å²) in [6.45, 7) is 4.14. The Labute approximate surface area is 110 Å². The number of carboxylic acid groups (broad SMARTS) is 1. The van der Waals surface area contributed by atoms with Crippen LogP contribution in [0.4, 0.5) is 0 Å². The molecule has 1 aromatic heterocycles. The van der Waals surface area contributed by atoms with E-state index in [0.29, 0.717) is 6.42 Å². The van der Waals surface area contributed by atoms with Crippen LogP contribution in [0, 0.1) is 13.8 Å². The van der Waals surface area contributed by atoms with E-state index in [9.17, 15) is 4.79 Å². The lowest BCUT2D eigenvalue weighted by Crippen LogP contribution is -1.97. The number of carboxylic acids is 1. The lowest BCUT2D eigenvalue weighted by Gasteiger charge is -2.03. The van der Waals surface area contributed by atoms with E-state index >= 15 is 0 Å². The third-order valence-electron chi connectivity index (χ3n) is 2.76. The third kappa shape index (κ3) is 2.96. The van der Waals surface area contributed by atoms with Crippen molar-refractivity contribution in [1.82, 2.24) is 4.98 Å². The van der Waals surface area contributed by atoms with Crippen molar-refractivity contribution >= 4 is 17.3 Å². The summed E-state index contributed by atoms with van der Waals surface area (Å²) in [4.78, 5) is 15.0. The maximum atomic E-state index is 10.5. The Morgan fingerprint density at radius 1 is 1.39 bits per heavy atom. The van der Waals surface area contributed by atoms with Gasteiger partial charge < -0.3 is 5.11 Å². The number of hydrogen-bond donors (Lipinski definition) is 1. The second-order valence-corrected chi connectivity index (χ2v) is 5.21. The van der Waals surface area contributed by atoms with Crippen LogP contribution in [0.2, 0.25) is 0 Å². The molecule has 94 valence electrons. The molecule has 0 saturated carbocycles. The van der Waals surface area contributed by atoms with Gasteiger partial charge in [-0.3, -0.25) is 4.79 Å². The number of aliphatic carboxylic acids is 1. The standard InChI is InChI=1S/C14H15NO2S/c1-9-3-5-12(10(2)7-9)14-15-11(8-18-14)4-6-13(16)17/h3,5,7-8H,4,6H2,1-2H3,(H,16,17). The Balaban J connectivity index is 2.21. The van der Waals surface area contributed by atoms with Crippen LogP contribution in [-0.4, -0.2) is 16.1 Å². The molecule has 18 heavy (non-hydrogen) atoms. The fraction of sp³-hybridized carbons (Fsp3) is 0.286. The molecule has 0 saturated heterocycles. The highest BCUT2D eigenvalue weighted by Gasteiger charge is 2.08. The summed E-state index contributed by atoms with van der Waals surface area (Å²) >= 11 is 1.57. The zero-order valence-electron chi connectivity index (χ0n) is 10.4. The highest BCUT2D eigenvalue weighted by molar-refractivity contribution is 7.13. The Hall–Kier alpha value is -1.68. The number of benzene rings is 1. The highest BCUT2D eigenvalue weighted by atomic mass is 32.1. The van der Waals surface area contributed by atoms with Crippen LogP contribution in [0.25, 0.3) is 10.6 Å². The highest BCUT2D eigenvalue weighted by Crippen LogP contribution is 2.27. The average molecular weight is 261 g/mol. The predicted octanol–water partition coefficient (Wildman–Crippen LogP) is 3.44. The molecule has 1 N–H and O–H groups in total. The van der Waals surface area contributed by atoms with E-state index in [2.05, 4.69) is 37.0 Å². The zero-order chi connectivity index (χ0) is 13.1. The molecular weight excluding hydrogens is 246 g/mol. The van der Waals surface area contributed by atoms with Gasteiger partial charge in [-0.15, -0.1) is 11.3 Å². The zero-order valence-corrected chi connectivity index (χ0v) is 11.3. The molecule has 0 radical (unpaired) electrons. The fourth-order valence-corrected chi connectivity index (χ4v) is 2.78. The molecular formula is C14H15NO2S. The fourth-order valence-electron chi connectivity index (χ4n) is 1.83. The third-order valence-corrected chi connectivity index (χ3v) is 3.68. The molecule has 0 amide bonds. The number of aryl methyl sites for hydroxylation is 3. The van der Waals surface area contributed by atoms with Gasteiger partial charge in [-0.05, 0) is 19.4 Å². The maximum Gasteiger partial charge on any atom is 0.303 e. The summed E-state index contributed by atoms with van der Waals surface area (Å²) in [7, 11) is 0. The van der Waals surface area contributed by atoms with Crippen LogP contribution < -0.4 is 0 Å². The van der Waals surface area contributed by atoms with E-state index in [0.717, 1.165) is 16.3 Å². The lowest BCUT2D eigenvalue weighted by molar-refractivity contribution is -0.136. The molecule has 0 bridgehead atoms. The second kappa shape index (κ2) is 5.31. The molecule has 3 nitrogen and oxygen atoms in total. The van der Waals surface area contributed by atoms with E-state index in [1.165, 1.54) is 11.1 Å². The largest absolute Gasteiger partial charge is 0.481 e. The molecule has 0 fully saturated rings. The Kier molecular flexibility index (Phi) is 3.77. The summed E-state index contributed by atoms with van der Waals surface area (Å²) < 4.78 is 0. The van der Waals surface area contributed by atoms with Gasteiger partial charge in [0.05, 0.1) is 12.1 Å². The van der Waals surface area contributed by atoms with E-state index in [4.69, 9.17) is 5.11 Å². The Bertz CT molecular complexity index is 575. The van der Waals surface area contributed by atoms with Crippen molar-refractivity contribution in [2.45, 2.75) is 26.7 Å².